The van der Waals surface area contributed by atoms with Crippen LogP contribution in [0.4, 0.5) is 0 Å². The van der Waals surface area contributed by atoms with E-state index in [-0.39, 0.29) is 11.9 Å². The summed E-state index contributed by atoms with van der Waals surface area (Å²) in [5.74, 6) is 0.580. The van der Waals surface area contributed by atoms with Crippen molar-refractivity contribution in [2.24, 2.45) is 0 Å². The first-order chi connectivity index (χ1) is 7.55. The average molecular weight is 242 g/mol. The van der Waals surface area contributed by atoms with Crippen molar-refractivity contribution >= 4 is 10.4 Å². The number of epoxide rings is 1. The maximum Gasteiger partial charge on any atom is 0.501 e. The molecule has 2 aliphatic heterocycles. The van der Waals surface area contributed by atoms with Crippen LogP contribution in [0, 0.1) is 6.92 Å². The molecule has 1 aromatic carbocycles. The van der Waals surface area contributed by atoms with E-state index >= 15 is 0 Å². The van der Waals surface area contributed by atoms with Crippen LogP contribution in [0.25, 0.3) is 0 Å². The van der Waals surface area contributed by atoms with E-state index in [0.29, 0.717) is 12.2 Å². The smallest absolute Gasteiger partial charge is 0.373 e. The molecular formula is C10H10O5S. The first-order valence-electron chi connectivity index (χ1n) is 4.93. The molecule has 0 saturated carbocycles. The van der Waals surface area contributed by atoms with Crippen LogP contribution in [-0.4, -0.2) is 21.1 Å². The zero-order chi connectivity index (χ0) is 11.3. The number of fused-ring (bicyclic) bond motifs is 1. The van der Waals surface area contributed by atoms with E-state index in [1.54, 1.807) is 6.07 Å². The lowest BCUT2D eigenvalue weighted by Crippen LogP contribution is -2.08. The van der Waals surface area contributed by atoms with Gasteiger partial charge in [0.1, 0.15) is 0 Å². The summed E-state index contributed by atoms with van der Waals surface area (Å²) in [5.41, 5.74) is 1.83. The van der Waals surface area contributed by atoms with Crippen LogP contribution in [0.2, 0.25) is 0 Å². The zero-order valence-electron chi connectivity index (χ0n) is 8.60. The molecule has 6 heteroatoms. The summed E-state index contributed by atoms with van der Waals surface area (Å²) in [5, 5.41) is 0. The summed E-state index contributed by atoms with van der Waals surface area (Å²) in [7, 11) is -3.90. The lowest BCUT2D eigenvalue weighted by atomic mass is 10.0. The molecule has 0 bridgehead atoms. The van der Waals surface area contributed by atoms with Crippen molar-refractivity contribution in [3.05, 3.63) is 23.3 Å². The van der Waals surface area contributed by atoms with Crippen molar-refractivity contribution in [1.29, 1.82) is 0 Å². The highest BCUT2D eigenvalue weighted by Crippen LogP contribution is 2.41. The molecule has 1 saturated heterocycles. The minimum absolute atomic E-state index is 0.178. The molecule has 1 atom stereocenters. The lowest BCUT2D eigenvalue weighted by Gasteiger charge is -2.06. The SMILES string of the molecule is Cc1ccc2c(c1CC1CO1)OS(=O)(=O)O2. The molecule has 2 aliphatic rings. The Morgan fingerprint density at radius 2 is 2.12 bits per heavy atom. The number of aryl methyl sites for hydroxylation is 1. The number of hydrogen-bond donors (Lipinski definition) is 0. The molecule has 0 aliphatic carbocycles. The minimum Gasteiger partial charge on any atom is -0.373 e. The molecule has 3 rings (SSSR count). The van der Waals surface area contributed by atoms with Gasteiger partial charge in [0.2, 0.25) is 0 Å². The fourth-order valence-electron chi connectivity index (χ4n) is 1.76. The van der Waals surface area contributed by atoms with Crippen LogP contribution >= 0.6 is 0 Å². The van der Waals surface area contributed by atoms with Crippen molar-refractivity contribution in [3.8, 4) is 11.5 Å². The fourth-order valence-corrected chi connectivity index (χ4v) is 2.53. The molecule has 2 heterocycles. The third kappa shape index (κ3) is 1.64. The van der Waals surface area contributed by atoms with Gasteiger partial charge in [-0.15, -0.1) is 8.42 Å². The van der Waals surface area contributed by atoms with Gasteiger partial charge < -0.3 is 13.1 Å². The Bertz CT molecular complexity index is 545. The number of benzene rings is 1. The van der Waals surface area contributed by atoms with Crippen LogP contribution in [-0.2, 0) is 21.6 Å². The highest BCUT2D eigenvalue weighted by Gasteiger charge is 2.34. The number of ether oxygens (including phenoxy) is 1. The van der Waals surface area contributed by atoms with E-state index in [0.717, 1.165) is 17.7 Å². The zero-order valence-corrected chi connectivity index (χ0v) is 9.41. The largest absolute Gasteiger partial charge is 0.501 e. The molecule has 0 radical (unpaired) electrons. The molecule has 1 unspecified atom stereocenters. The minimum atomic E-state index is -3.90. The Morgan fingerprint density at radius 1 is 1.38 bits per heavy atom. The summed E-state index contributed by atoms with van der Waals surface area (Å²) in [4.78, 5) is 0. The Hall–Kier alpha value is -1.27. The summed E-state index contributed by atoms with van der Waals surface area (Å²) in [6.07, 6.45) is 0.838. The quantitative estimate of drug-likeness (QED) is 0.722. The molecule has 16 heavy (non-hydrogen) atoms. The van der Waals surface area contributed by atoms with Gasteiger partial charge in [-0.2, -0.15) is 0 Å². The van der Waals surface area contributed by atoms with Crippen LogP contribution < -0.4 is 8.37 Å². The number of rotatable bonds is 2. The van der Waals surface area contributed by atoms with Crippen LogP contribution in [0.5, 0.6) is 11.5 Å². The summed E-state index contributed by atoms with van der Waals surface area (Å²) < 4.78 is 37.0. The van der Waals surface area contributed by atoms with Gasteiger partial charge in [0.25, 0.3) is 0 Å². The Morgan fingerprint density at radius 3 is 2.81 bits per heavy atom. The van der Waals surface area contributed by atoms with Gasteiger partial charge in [-0.05, 0) is 18.6 Å². The first kappa shape index (κ1) is 9.92. The van der Waals surface area contributed by atoms with E-state index in [4.69, 9.17) is 13.1 Å². The normalized spacial score (nSPS) is 24.4. The molecule has 1 fully saturated rings. The molecule has 0 aromatic heterocycles. The fraction of sp³-hybridized carbons (Fsp3) is 0.400. The van der Waals surface area contributed by atoms with Crippen molar-refractivity contribution in [2.75, 3.05) is 6.61 Å². The average Bonchev–Trinajstić information content (AvgIpc) is 2.94. The van der Waals surface area contributed by atoms with Gasteiger partial charge in [-0.25, -0.2) is 0 Å². The first-order valence-corrected chi connectivity index (χ1v) is 6.26. The molecule has 0 amide bonds. The van der Waals surface area contributed by atoms with E-state index in [1.165, 1.54) is 0 Å². The van der Waals surface area contributed by atoms with Crippen LogP contribution in [0.1, 0.15) is 11.1 Å². The van der Waals surface area contributed by atoms with E-state index in [9.17, 15) is 8.42 Å². The van der Waals surface area contributed by atoms with Gasteiger partial charge in [0, 0.05) is 12.0 Å². The Balaban J connectivity index is 2.07. The maximum absolute atomic E-state index is 11.2. The van der Waals surface area contributed by atoms with Gasteiger partial charge >= 0.3 is 10.4 Å². The monoisotopic (exact) mass is 242 g/mol. The second-order valence-corrected chi connectivity index (χ2v) is 5.07. The summed E-state index contributed by atoms with van der Waals surface area (Å²) >= 11 is 0. The maximum atomic E-state index is 11.2. The van der Waals surface area contributed by atoms with Gasteiger partial charge in [-0.3, -0.25) is 0 Å². The molecular weight excluding hydrogens is 232 g/mol. The van der Waals surface area contributed by atoms with E-state index in [1.807, 2.05) is 13.0 Å². The molecule has 0 N–H and O–H groups in total. The van der Waals surface area contributed by atoms with Gasteiger partial charge in [0.05, 0.1) is 12.7 Å². The third-order valence-electron chi connectivity index (χ3n) is 2.67. The van der Waals surface area contributed by atoms with Crippen LogP contribution in [0.3, 0.4) is 0 Å². The molecule has 86 valence electrons. The van der Waals surface area contributed by atoms with E-state index in [2.05, 4.69) is 0 Å². The van der Waals surface area contributed by atoms with Gasteiger partial charge in [0.15, 0.2) is 11.5 Å². The molecule has 0 spiro atoms. The highest BCUT2D eigenvalue weighted by molar-refractivity contribution is 7.82. The summed E-state index contributed by atoms with van der Waals surface area (Å²) in [6.45, 7) is 2.63. The highest BCUT2D eigenvalue weighted by atomic mass is 32.3. The summed E-state index contributed by atoms with van der Waals surface area (Å²) in [6, 6.07) is 3.42. The second-order valence-electron chi connectivity index (χ2n) is 3.92. The van der Waals surface area contributed by atoms with Gasteiger partial charge in [-0.1, -0.05) is 6.07 Å². The van der Waals surface area contributed by atoms with E-state index < -0.39 is 10.4 Å². The number of hydrogen-bond acceptors (Lipinski definition) is 5. The van der Waals surface area contributed by atoms with Crippen molar-refractivity contribution in [3.63, 3.8) is 0 Å². The van der Waals surface area contributed by atoms with Crippen molar-refractivity contribution in [2.45, 2.75) is 19.4 Å². The Kier molecular flexibility index (Phi) is 1.93. The van der Waals surface area contributed by atoms with Crippen molar-refractivity contribution < 1.29 is 21.5 Å². The second kappa shape index (κ2) is 3.11. The molecule has 1 aromatic rings. The Labute approximate surface area is 93.3 Å². The van der Waals surface area contributed by atoms with Crippen molar-refractivity contribution in [1.82, 2.24) is 0 Å². The lowest BCUT2D eigenvalue weighted by molar-refractivity contribution is 0.404. The topological polar surface area (TPSA) is 65.1 Å². The predicted molar refractivity (Wildman–Crippen MR) is 54.8 cm³/mol. The third-order valence-corrected chi connectivity index (χ3v) is 3.42. The molecule has 5 nitrogen and oxygen atoms in total. The standard InChI is InChI=1S/C10H10O5S/c1-6-2-3-9-10(15-16(11,12)14-9)8(6)4-7-5-13-7/h2-3,7H,4-5H2,1H3. The van der Waals surface area contributed by atoms with Crippen LogP contribution in [0.15, 0.2) is 12.1 Å². The predicted octanol–water partition coefficient (Wildman–Crippen LogP) is 0.952.